The molecule has 2 heteroatoms. The summed E-state index contributed by atoms with van der Waals surface area (Å²) in [5.74, 6) is 0. The number of rotatable bonds is 3. The van der Waals surface area contributed by atoms with Gasteiger partial charge < -0.3 is 10.0 Å². The van der Waals surface area contributed by atoms with Gasteiger partial charge >= 0.3 is 0 Å². The van der Waals surface area contributed by atoms with Gasteiger partial charge in [0.15, 0.2) is 0 Å². The van der Waals surface area contributed by atoms with Gasteiger partial charge in [-0.15, -0.1) is 0 Å². The predicted octanol–water partition coefficient (Wildman–Crippen LogP) is 1.57. The molecule has 1 aliphatic rings. The molecule has 1 aromatic rings. The summed E-state index contributed by atoms with van der Waals surface area (Å²) < 4.78 is 0. The third kappa shape index (κ3) is 3.08. The lowest BCUT2D eigenvalue weighted by Gasteiger charge is -2.37. The molecule has 0 aliphatic carbocycles. The van der Waals surface area contributed by atoms with Crippen LogP contribution in [0.1, 0.15) is 44.8 Å². The highest BCUT2D eigenvalue weighted by Gasteiger charge is 2.30. The molecule has 2 rings (SSSR count). The van der Waals surface area contributed by atoms with Crippen LogP contribution in [-0.2, 0) is 0 Å². The number of benzene rings is 1. The zero-order chi connectivity index (χ0) is 12.3. The molecule has 1 fully saturated rings. The molecule has 1 aliphatic heterocycles. The molecule has 17 heavy (non-hydrogen) atoms. The van der Waals surface area contributed by atoms with Gasteiger partial charge in [0.05, 0.1) is 12.1 Å². The Bertz CT molecular complexity index is 328. The van der Waals surface area contributed by atoms with E-state index in [0.29, 0.717) is 12.1 Å². The summed E-state index contributed by atoms with van der Waals surface area (Å²) in [5.41, 5.74) is 1.05. The fourth-order valence-electron chi connectivity index (χ4n) is 3.01. The Kier molecular flexibility index (Phi) is 4.19. The lowest BCUT2D eigenvalue weighted by Crippen LogP contribution is -3.19. The molecule has 2 nitrogen and oxygen atoms in total. The fraction of sp³-hybridized carbons (Fsp3) is 0.600. The quantitative estimate of drug-likeness (QED) is 0.815. The molecule has 3 atom stereocenters. The number of nitrogens with one attached hydrogen (secondary N) is 1. The lowest BCUT2D eigenvalue weighted by molar-refractivity contribution is -0.954. The average Bonchev–Trinajstić information content (AvgIpc) is 2.35. The van der Waals surface area contributed by atoms with Crippen molar-refractivity contribution in [2.75, 3.05) is 6.54 Å². The van der Waals surface area contributed by atoms with E-state index in [0.717, 1.165) is 12.1 Å². The van der Waals surface area contributed by atoms with Crippen LogP contribution in [0.25, 0.3) is 0 Å². The summed E-state index contributed by atoms with van der Waals surface area (Å²) in [6.45, 7) is 5.46. The maximum Gasteiger partial charge on any atom is 0.128 e. The van der Waals surface area contributed by atoms with Crippen LogP contribution < -0.4 is 4.90 Å². The molecule has 0 unspecified atom stereocenters. The van der Waals surface area contributed by atoms with Crippen molar-refractivity contribution in [2.45, 2.75) is 51.3 Å². The van der Waals surface area contributed by atoms with Crippen LogP contribution >= 0.6 is 0 Å². The van der Waals surface area contributed by atoms with Gasteiger partial charge in [0.25, 0.3) is 0 Å². The average molecular weight is 234 g/mol. The molecule has 1 heterocycles. The van der Waals surface area contributed by atoms with Gasteiger partial charge in [-0.3, -0.25) is 0 Å². The Morgan fingerprint density at radius 1 is 1.18 bits per heavy atom. The van der Waals surface area contributed by atoms with Gasteiger partial charge in [-0.25, -0.2) is 0 Å². The Labute approximate surface area is 104 Å². The summed E-state index contributed by atoms with van der Waals surface area (Å²) in [7, 11) is 0. The van der Waals surface area contributed by atoms with Crippen LogP contribution in [0.5, 0.6) is 0 Å². The van der Waals surface area contributed by atoms with Gasteiger partial charge in [-0.2, -0.15) is 0 Å². The van der Waals surface area contributed by atoms with Gasteiger partial charge in [0.2, 0.25) is 0 Å². The maximum absolute atomic E-state index is 10.3. The normalized spacial score (nSPS) is 27.9. The molecular formula is C15H24NO+. The second kappa shape index (κ2) is 5.65. The van der Waals surface area contributed by atoms with Crippen molar-refractivity contribution < 1.29 is 10.0 Å². The summed E-state index contributed by atoms with van der Waals surface area (Å²) >= 11 is 0. The Hall–Kier alpha value is -0.860. The first-order valence-electron chi connectivity index (χ1n) is 6.77. The summed E-state index contributed by atoms with van der Waals surface area (Å²) in [6, 6.07) is 11.4. The second-order valence-corrected chi connectivity index (χ2v) is 5.44. The second-order valence-electron chi connectivity index (χ2n) is 5.44. The van der Waals surface area contributed by atoms with Crippen molar-refractivity contribution in [1.82, 2.24) is 0 Å². The number of aliphatic hydroxyl groups is 1. The number of quaternary nitrogens is 1. The van der Waals surface area contributed by atoms with Crippen LogP contribution in [0, 0.1) is 0 Å². The van der Waals surface area contributed by atoms with E-state index in [2.05, 4.69) is 13.8 Å². The van der Waals surface area contributed by atoms with Gasteiger partial charge in [0.1, 0.15) is 12.6 Å². The largest absolute Gasteiger partial charge is 0.382 e. The smallest absolute Gasteiger partial charge is 0.128 e. The number of aliphatic hydroxyl groups excluding tert-OH is 1. The number of likely N-dealkylation sites (tertiary alicyclic amines) is 1. The van der Waals surface area contributed by atoms with E-state index < -0.39 is 0 Å². The predicted molar refractivity (Wildman–Crippen MR) is 70.0 cm³/mol. The van der Waals surface area contributed by atoms with Crippen molar-refractivity contribution in [1.29, 1.82) is 0 Å². The molecule has 94 valence electrons. The standard InChI is InChI=1S/C15H23NO/c1-12-7-6-8-13(2)16(12)11-15(17)14-9-4-3-5-10-14/h3-5,9-10,12-13,15,17H,6-8,11H2,1-2H3/p+1/t12-,13-,15-/m0/s1. The number of hydrogen-bond donors (Lipinski definition) is 2. The lowest BCUT2D eigenvalue weighted by atomic mass is 9.96. The zero-order valence-corrected chi connectivity index (χ0v) is 10.9. The number of piperidine rings is 1. The minimum Gasteiger partial charge on any atom is -0.382 e. The van der Waals surface area contributed by atoms with Crippen LogP contribution in [0.3, 0.4) is 0 Å². The monoisotopic (exact) mass is 234 g/mol. The van der Waals surface area contributed by atoms with Gasteiger partial charge in [-0.1, -0.05) is 30.3 Å². The molecule has 0 amide bonds. The van der Waals surface area contributed by atoms with E-state index in [1.54, 1.807) is 4.90 Å². The first-order valence-corrected chi connectivity index (χ1v) is 6.77. The summed E-state index contributed by atoms with van der Waals surface area (Å²) in [4.78, 5) is 1.56. The molecule has 1 aromatic carbocycles. The molecule has 0 bridgehead atoms. The van der Waals surface area contributed by atoms with E-state index in [9.17, 15) is 5.11 Å². The summed E-state index contributed by atoms with van der Waals surface area (Å²) in [5, 5.41) is 10.3. The Balaban J connectivity index is 2.00. The molecule has 0 radical (unpaired) electrons. The molecule has 2 N–H and O–H groups in total. The fourth-order valence-corrected chi connectivity index (χ4v) is 3.01. The van der Waals surface area contributed by atoms with Crippen LogP contribution in [0.15, 0.2) is 30.3 Å². The Morgan fingerprint density at radius 2 is 1.76 bits per heavy atom. The number of hydrogen-bond acceptors (Lipinski definition) is 1. The highest BCUT2D eigenvalue weighted by atomic mass is 16.3. The van der Waals surface area contributed by atoms with E-state index in [1.165, 1.54) is 19.3 Å². The van der Waals surface area contributed by atoms with Crippen molar-refractivity contribution in [2.24, 2.45) is 0 Å². The first-order chi connectivity index (χ1) is 8.18. The third-order valence-electron chi connectivity index (χ3n) is 4.15. The van der Waals surface area contributed by atoms with E-state index >= 15 is 0 Å². The minimum atomic E-state index is -0.325. The van der Waals surface area contributed by atoms with E-state index in [1.807, 2.05) is 30.3 Å². The van der Waals surface area contributed by atoms with E-state index in [4.69, 9.17) is 0 Å². The SMILES string of the molecule is C[C@H]1CCC[C@H](C)[NH+]1C[C@H](O)c1ccccc1. The topological polar surface area (TPSA) is 24.7 Å². The highest BCUT2D eigenvalue weighted by Crippen LogP contribution is 2.12. The molecular weight excluding hydrogens is 210 g/mol. The zero-order valence-electron chi connectivity index (χ0n) is 10.9. The minimum absolute atomic E-state index is 0.325. The maximum atomic E-state index is 10.3. The van der Waals surface area contributed by atoms with Crippen molar-refractivity contribution in [3.63, 3.8) is 0 Å². The summed E-state index contributed by atoms with van der Waals surface area (Å²) in [6.07, 6.45) is 3.60. The molecule has 0 aromatic heterocycles. The van der Waals surface area contributed by atoms with Crippen LogP contribution in [-0.4, -0.2) is 23.7 Å². The molecule has 0 saturated carbocycles. The van der Waals surface area contributed by atoms with Gasteiger partial charge in [0, 0.05) is 0 Å². The Morgan fingerprint density at radius 3 is 2.35 bits per heavy atom. The van der Waals surface area contributed by atoms with E-state index in [-0.39, 0.29) is 6.10 Å². The van der Waals surface area contributed by atoms with Crippen LogP contribution in [0.2, 0.25) is 0 Å². The van der Waals surface area contributed by atoms with Crippen molar-refractivity contribution >= 4 is 0 Å². The first kappa shape index (κ1) is 12.6. The molecule has 1 saturated heterocycles. The van der Waals surface area contributed by atoms with Crippen molar-refractivity contribution in [3.8, 4) is 0 Å². The van der Waals surface area contributed by atoms with Gasteiger partial charge in [-0.05, 0) is 38.7 Å². The van der Waals surface area contributed by atoms with Crippen LogP contribution in [0.4, 0.5) is 0 Å². The highest BCUT2D eigenvalue weighted by molar-refractivity contribution is 5.17. The van der Waals surface area contributed by atoms with Crippen molar-refractivity contribution in [3.05, 3.63) is 35.9 Å². The molecule has 0 spiro atoms. The third-order valence-corrected chi connectivity index (χ3v) is 4.15.